The summed E-state index contributed by atoms with van der Waals surface area (Å²) >= 11 is 0. The van der Waals surface area contributed by atoms with Gasteiger partial charge in [0.15, 0.2) is 17.3 Å². The van der Waals surface area contributed by atoms with Crippen molar-refractivity contribution in [3.05, 3.63) is 34.2 Å². The molecule has 0 bridgehead atoms. The lowest BCUT2D eigenvalue weighted by Gasteiger charge is -2.16. The Bertz CT molecular complexity index is 922. The zero-order valence-corrected chi connectivity index (χ0v) is 17.9. The fourth-order valence-electron chi connectivity index (χ4n) is 3.47. The highest BCUT2D eigenvalue weighted by molar-refractivity contribution is 5.76. The molecule has 30 heavy (non-hydrogen) atoms. The third-order valence-electron chi connectivity index (χ3n) is 5.41. The lowest BCUT2D eigenvalue weighted by atomic mass is 10.1. The standard InChI is InChI=1S/C22H30N4O4/c1-4-14(2)30-18-11-9-15(13-19(18)29-3)21-24-22(28)17(25-26-21)10-12-20(27)23-16-7-5-6-8-16/h9,11,13-14,16H,4-8,10,12H2,1-3H3,(H,23,27)(H,24,26,28). The first-order valence-electron chi connectivity index (χ1n) is 10.6. The molecule has 2 N–H and O–H groups in total. The molecule has 2 aromatic rings. The largest absolute Gasteiger partial charge is 0.493 e. The smallest absolute Gasteiger partial charge is 0.273 e. The van der Waals surface area contributed by atoms with Gasteiger partial charge >= 0.3 is 0 Å². The average molecular weight is 415 g/mol. The van der Waals surface area contributed by atoms with E-state index in [1.54, 1.807) is 25.3 Å². The Morgan fingerprint density at radius 2 is 2.03 bits per heavy atom. The summed E-state index contributed by atoms with van der Waals surface area (Å²) in [5.41, 5.74) is 0.579. The third-order valence-corrected chi connectivity index (χ3v) is 5.41. The minimum absolute atomic E-state index is 0.0474. The number of H-pyrrole nitrogens is 1. The number of carbonyl (C=O) groups excluding carboxylic acids is 1. The van der Waals surface area contributed by atoms with Gasteiger partial charge in [-0.1, -0.05) is 19.8 Å². The van der Waals surface area contributed by atoms with Crippen LogP contribution in [0.1, 0.15) is 58.1 Å². The van der Waals surface area contributed by atoms with E-state index in [4.69, 9.17) is 9.47 Å². The van der Waals surface area contributed by atoms with Gasteiger partial charge in [-0.05, 0) is 44.4 Å². The first kappa shape index (κ1) is 21.8. The van der Waals surface area contributed by atoms with E-state index in [2.05, 4.69) is 20.5 Å². The van der Waals surface area contributed by atoms with Crippen LogP contribution in [0.5, 0.6) is 11.5 Å². The number of hydrogen-bond acceptors (Lipinski definition) is 6. The topological polar surface area (TPSA) is 106 Å². The fourth-order valence-corrected chi connectivity index (χ4v) is 3.47. The molecule has 1 aliphatic carbocycles. The number of aromatic amines is 1. The maximum Gasteiger partial charge on any atom is 0.273 e. The van der Waals surface area contributed by atoms with Crippen LogP contribution >= 0.6 is 0 Å². The molecule has 1 saturated carbocycles. The van der Waals surface area contributed by atoms with Gasteiger partial charge in [-0.15, -0.1) is 10.2 Å². The molecule has 162 valence electrons. The Kier molecular flexibility index (Phi) is 7.43. The zero-order chi connectivity index (χ0) is 21.5. The molecular weight excluding hydrogens is 384 g/mol. The van der Waals surface area contributed by atoms with E-state index in [0.29, 0.717) is 22.9 Å². The average Bonchev–Trinajstić information content (AvgIpc) is 3.26. The molecule has 0 radical (unpaired) electrons. The number of amides is 1. The fraction of sp³-hybridized carbons (Fsp3) is 0.545. The summed E-state index contributed by atoms with van der Waals surface area (Å²) in [6, 6.07) is 5.62. The van der Waals surface area contributed by atoms with Crippen LogP contribution in [0.2, 0.25) is 0 Å². The van der Waals surface area contributed by atoms with Crippen LogP contribution in [0.25, 0.3) is 11.4 Å². The summed E-state index contributed by atoms with van der Waals surface area (Å²) < 4.78 is 11.3. The van der Waals surface area contributed by atoms with E-state index in [9.17, 15) is 9.59 Å². The van der Waals surface area contributed by atoms with Gasteiger partial charge in [-0.2, -0.15) is 0 Å². The number of carbonyl (C=O) groups is 1. The van der Waals surface area contributed by atoms with Crippen LogP contribution in [-0.4, -0.2) is 40.3 Å². The van der Waals surface area contributed by atoms with Crippen molar-refractivity contribution >= 4 is 5.91 Å². The summed E-state index contributed by atoms with van der Waals surface area (Å²) in [5.74, 6) is 1.49. The molecule has 1 aromatic carbocycles. The van der Waals surface area contributed by atoms with E-state index in [0.717, 1.165) is 32.1 Å². The number of nitrogens with zero attached hydrogens (tertiary/aromatic N) is 2. The van der Waals surface area contributed by atoms with Crippen LogP contribution in [0.4, 0.5) is 0 Å². The van der Waals surface area contributed by atoms with E-state index < -0.39 is 0 Å². The number of ether oxygens (including phenoxy) is 2. The van der Waals surface area contributed by atoms with Gasteiger partial charge in [-0.25, -0.2) is 0 Å². The molecule has 1 unspecified atom stereocenters. The van der Waals surface area contributed by atoms with Crippen molar-refractivity contribution in [1.29, 1.82) is 0 Å². The lowest BCUT2D eigenvalue weighted by Crippen LogP contribution is -2.33. The normalized spacial score (nSPS) is 15.0. The number of nitrogens with one attached hydrogen (secondary N) is 2. The Hall–Kier alpha value is -2.90. The predicted molar refractivity (Wildman–Crippen MR) is 114 cm³/mol. The van der Waals surface area contributed by atoms with Crippen molar-refractivity contribution in [3.8, 4) is 22.9 Å². The van der Waals surface area contributed by atoms with Crippen LogP contribution in [0.3, 0.4) is 0 Å². The van der Waals surface area contributed by atoms with E-state index >= 15 is 0 Å². The molecule has 8 heteroatoms. The maximum atomic E-state index is 12.4. The molecule has 0 aliphatic heterocycles. The van der Waals surface area contributed by atoms with E-state index in [1.165, 1.54) is 0 Å². The number of aryl methyl sites for hydroxylation is 1. The second kappa shape index (κ2) is 10.2. The second-order valence-electron chi connectivity index (χ2n) is 7.70. The molecule has 1 aromatic heterocycles. The second-order valence-corrected chi connectivity index (χ2v) is 7.70. The molecular formula is C22H30N4O4. The first-order chi connectivity index (χ1) is 14.5. The number of hydrogen-bond donors (Lipinski definition) is 2. The number of aromatic nitrogens is 3. The van der Waals surface area contributed by atoms with Gasteiger partial charge in [-0.3, -0.25) is 9.59 Å². The molecule has 3 rings (SSSR count). The van der Waals surface area contributed by atoms with Gasteiger partial charge in [0.1, 0.15) is 5.69 Å². The molecule has 1 atom stereocenters. The molecule has 1 heterocycles. The first-order valence-corrected chi connectivity index (χ1v) is 10.6. The van der Waals surface area contributed by atoms with Crippen molar-refractivity contribution < 1.29 is 14.3 Å². The van der Waals surface area contributed by atoms with Crippen molar-refractivity contribution in [3.63, 3.8) is 0 Å². The minimum Gasteiger partial charge on any atom is -0.493 e. The van der Waals surface area contributed by atoms with Crippen molar-refractivity contribution in [2.45, 2.75) is 70.9 Å². The maximum absolute atomic E-state index is 12.4. The van der Waals surface area contributed by atoms with Crippen molar-refractivity contribution in [2.24, 2.45) is 0 Å². The summed E-state index contributed by atoms with van der Waals surface area (Å²) in [6.07, 6.45) is 5.81. The Morgan fingerprint density at radius 1 is 1.27 bits per heavy atom. The summed E-state index contributed by atoms with van der Waals surface area (Å²) in [6.45, 7) is 4.04. The van der Waals surface area contributed by atoms with Gasteiger partial charge in [0.05, 0.1) is 13.2 Å². The Labute approximate surface area is 176 Å². The quantitative estimate of drug-likeness (QED) is 0.653. The van der Waals surface area contributed by atoms with Crippen LogP contribution in [0.15, 0.2) is 23.0 Å². The summed E-state index contributed by atoms with van der Waals surface area (Å²) in [4.78, 5) is 27.3. The van der Waals surface area contributed by atoms with Crippen molar-refractivity contribution in [1.82, 2.24) is 20.5 Å². The van der Waals surface area contributed by atoms with Gasteiger partial charge in [0.25, 0.3) is 5.56 Å². The van der Waals surface area contributed by atoms with Gasteiger partial charge < -0.3 is 19.8 Å². The minimum atomic E-state index is -0.340. The zero-order valence-electron chi connectivity index (χ0n) is 17.9. The molecule has 8 nitrogen and oxygen atoms in total. The van der Waals surface area contributed by atoms with Crippen LogP contribution < -0.4 is 20.3 Å². The number of methoxy groups -OCH3 is 1. The van der Waals surface area contributed by atoms with Crippen LogP contribution in [0, 0.1) is 0 Å². The molecule has 1 aliphatic rings. The van der Waals surface area contributed by atoms with Gasteiger partial charge in [0, 0.05) is 24.4 Å². The summed E-state index contributed by atoms with van der Waals surface area (Å²) in [7, 11) is 1.57. The van der Waals surface area contributed by atoms with Gasteiger partial charge in [0.2, 0.25) is 5.91 Å². The lowest BCUT2D eigenvalue weighted by molar-refractivity contribution is -0.121. The predicted octanol–water partition coefficient (Wildman–Crippen LogP) is 3.01. The number of benzene rings is 1. The molecule has 0 saturated heterocycles. The molecule has 1 amide bonds. The molecule has 0 spiro atoms. The van der Waals surface area contributed by atoms with E-state index in [1.807, 2.05) is 13.8 Å². The molecule has 1 fully saturated rings. The highest BCUT2D eigenvalue weighted by Gasteiger charge is 2.18. The SMILES string of the molecule is CCC(C)Oc1ccc(-c2nnc(CCC(=O)NC3CCCC3)c(=O)[nH]2)cc1OC. The Morgan fingerprint density at radius 3 is 2.70 bits per heavy atom. The van der Waals surface area contributed by atoms with Crippen molar-refractivity contribution in [2.75, 3.05) is 7.11 Å². The monoisotopic (exact) mass is 414 g/mol. The van der Waals surface area contributed by atoms with E-state index in [-0.39, 0.29) is 42.1 Å². The highest BCUT2D eigenvalue weighted by atomic mass is 16.5. The highest BCUT2D eigenvalue weighted by Crippen LogP contribution is 2.32. The summed E-state index contributed by atoms with van der Waals surface area (Å²) in [5, 5.41) is 11.2. The Balaban J connectivity index is 1.67. The number of rotatable bonds is 9. The van der Waals surface area contributed by atoms with Crippen LogP contribution in [-0.2, 0) is 11.2 Å². The third kappa shape index (κ3) is 5.58.